The monoisotopic (exact) mass is 252 g/mol. The predicted octanol–water partition coefficient (Wildman–Crippen LogP) is 3.40. The molecule has 2 atom stereocenters. The minimum absolute atomic E-state index is 0.0565. The molecule has 1 fully saturated rings. The zero-order chi connectivity index (χ0) is 13.4. The van der Waals surface area contributed by atoms with E-state index in [0.717, 1.165) is 31.3 Å². The number of esters is 1. The number of ether oxygens (including phenoxy) is 2. The molecule has 0 aromatic carbocycles. The van der Waals surface area contributed by atoms with Crippen molar-refractivity contribution in [1.29, 1.82) is 0 Å². The molecule has 2 unspecified atom stereocenters. The number of hydrogen-bond donors (Lipinski definition) is 0. The summed E-state index contributed by atoms with van der Waals surface area (Å²) in [7, 11) is 0. The molecule has 0 saturated heterocycles. The van der Waals surface area contributed by atoms with E-state index in [1.807, 2.05) is 19.9 Å². The summed E-state index contributed by atoms with van der Waals surface area (Å²) >= 11 is 0. The third-order valence-corrected chi connectivity index (χ3v) is 2.87. The molecule has 102 valence electrons. The average molecular weight is 252 g/mol. The third-order valence-electron chi connectivity index (χ3n) is 2.87. The van der Waals surface area contributed by atoms with Crippen LogP contribution in [0.5, 0.6) is 0 Å². The smallest absolute Gasteiger partial charge is 0.331 e. The lowest BCUT2D eigenvalue weighted by Gasteiger charge is -2.19. The highest BCUT2D eigenvalue weighted by Gasteiger charge is 2.30. The number of hydrogen-bond acceptors (Lipinski definition) is 3. The lowest BCUT2D eigenvalue weighted by atomic mass is 10.2. The molecule has 1 saturated carbocycles. The lowest BCUT2D eigenvalue weighted by molar-refractivity contribution is -0.148. The van der Waals surface area contributed by atoms with Crippen LogP contribution in [0.2, 0.25) is 0 Å². The largest absolute Gasteiger partial charge is 0.456 e. The van der Waals surface area contributed by atoms with Crippen LogP contribution < -0.4 is 0 Å². The van der Waals surface area contributed by atoms with Crippen molar-refractivity contribution >= 4 is 5.97 Å². The van der Waals surface area contributed by atoms with Crippen LogP contribution in [0, 0.1) is 0 Å². The first kappa shape index (κ1) is 15.0. The second kappa shape index (κ2) is 8.09. The molecule has 1 aliphatic rings. The summed E-state index contributed by atoms with van der Waals surface area (Å²) in [6, 6.07) is 0. The number of carbonyl (C=O) groups excluding carboxylic acids is 1. The zero-order valence-corrected chi connectivity index (χ0v) is 11.6. The second-order valence-electron chi connectivity index (χ2n) is 4.88. The van der Waals surface area contributed by atoms with Crippen molar-refractivity contribution < 1.29 is 14.3 Å². The Bertz CT molecular complexity index is 314. The van der Waals surface area contributed by atoms with Crippen LogP contribution in [0.4, 0.5) is 0 Å². The highest BCUT2D eigenvalue weighted by Crippen LogP contribution is 2.25. The van der Waals surface area contributed by atoms with Gasteiger partial charge in [0, 0.05) is 6.08 Å². The van der Waals surface area contributed by atoms with Gasteiger partial charge in [0.15, 0.2) is 0 Å². The molecular formula is C15H24O3. The summed E-state index contributed by atoms with van der Waals surface area (Å²) in [5, 5.41) is 0. The summed E-state index contributed by atoms with van der Waals surface area (Å²) in [5.41, 5.74) is 0.960. The molecule has 0 spiro atoms. The Morgan fingerprint density at radius 2 is 1.94 bits per heavy atom. The summed E-state index contributed by atoms with van der Waals surface area (Å²) in [4.78, 5) is 11.6. The minimum Gasteiger partial charge on any atom is -0.456 e. The van der Waals surface area contributed by atoms with E-state index in [1.54, 1.807) is 0 Å². The molecule has 18 heavy (non-hydrogen) atoms. The number of carbonyl (C=O) groups is 1. The van der Waals surface area contributed by atoms with Crippen LogP contribution in [0.15, 0.2) is 23.8 Å². The lowest BCUT2D eigenvalue weighted by Crippen LogP contribution is -2.28. The highest BCUT2D eigenvalue weighted by atomic mass is 16.6. The van der Waals surface area contributed by atoms with Crippen molar-refractivity contribution in [2.45, 2.75) is 58.7 Å². The van der Waals surface area contributed by atoms with Gasteiger partial charge in [-0.3, -0.25) is 0 Å². The van der Waals surface area contributed by atoms with Gasteiger partial charge >= 0.3 is 5.97 Å². The van der Waals surface area contributed by atoms with Gasteiger partial charge in [-0.25, -0.2) is 4.79 Å². The fraction of sp³-hybridized carbons (Fsp3) is 0.667. The van der Waals surface area contributed by atoms with Gasteiger partial charge in [-0.2, -0.15) is 0 Å². The molecular weight excluding hydrogens is 228 g/mol. The minimum atomic E-state index is -0.250. The first-order chi connectivity index (χ1) is 8.63. The van der Waals surface area contributed by atoms with Crippen molar-refractivity contribution in [3.8, 4) is 0 Å². The maximum atomic E-state index is 11.6. The van der Waals surface area contributed by atoms with E-state index in [-0.39, 0.29) is 18.2 Å². The van der Waals surface area contributed by atoms with Gasteiger partial charge in [-0.05, 0) is 39.5 Å². The summed E-state index contributed by atoms with van der Waals surface area (Å²) < 4.78 is 11.2. The SMILES string of the molecule is CCC=CCOC1CCCC1OC(=O)C=C(C)C. The molecule has 0 bridgehead atoms. The van der Waals surface area contributed by atoms with Crippen LogP contribution in [-0.4, -0.2) is 24.8 Å². The Labute approximate surface area is 110 Å². The van der Waals surface area contributed by atoms with Gasteiger partial charge in [0.1, 0.15) is 6.10 Å². The summed E-state index contributed by atoms with van der Waals surface area (Å²) in [6.45, 7) is 6.48. The van der Waals surface area contributed by atoms with Crippen molar-refractivity contribution in [3.63, 3.8) is 0 Å². The van der Waals surface area contributed by atoms with Crippen LogP contribution in [0.25, 0.3) is 0 Å². The van der Waals surface area contributed by atoms with E-state index in [9.17, 15) is 4.79 Å². The molecule has 1 rings (SSSR count). The van der Waals surface area contributed by atoms with Crippen molar-refractivity contribution in [2.24, 2.45) is 0 Å². The highest BCUT2D eigenvalue weighted by molar-refractivity contribution is 5.82. The van der Waals surface area contributed by atoms with E-state index in [4.69, 9.17) is 9.47 Å². The molecule has 3 heteroatoms. The molecule has 0 aromatic rings. The van der Waals surface area contributed by atoms with Gasteiger partial charge in [-0.1, -0.05) is 24.6 Å². The van der Waals surface area contributed by atoms with Crippen LogP contribution in [0.3, 0.4) is 0 Å². The molecule has 0 heterocycles. The van der Waals surface area contributed by atoms with E-state index >= 15 is 0 Å². The standard InChI is InChI=1S/C15H24O3/c1-4-5-6-10-17-13-8-7-9-14(13)18-15(16)11-12(2)3/h5-6,11,13-14H,4,7-10H2,1-3H3. The van der Waals surface area contributed by atoms with E-state index < -0.39 is 0 Å². The molecule has 0 amide bonds. The third kappa shape index (κ3) is 5.50. The Morgan fingerprint density at radius 1 is 1.22 bits per heavy atom. The Kier molecular flexibility index (Phi) is 6.73. The Morgan fingerprint density at radius 3 is 2.61 bits per heavy atom. The van der Waals surface area contributed by atoms with Crippen molar-refractivity contribution in [3.05, 3.63) is 23.8 Å². The quantitative estimate of drug-likeness (QED) is 0.413. The number of allylic oxidation sites excluding steroid dienone is 2. The Hall–Kier alpha value is -1.09. The zero-order valence-electron chi connectivity index (χ0n) is 11.6. The van der Waals surface area contributed by atoms with Crippen LogP contribution in [-0.2, 0) is 14.3 Å². The molecule has 1 aliphatic carbocycles. The normalized spacial score (nSPS) is 23.3. The Balaban J connectivity index is 2.37. The van der Waals surface area contributed by atoms with Gasteiger partial charge in [0.25, 0.3) is 0 Å². The molecule has 0 N–H and O–H groups in total. The molecule has 0 aliphatic heterocycles. The van der Waals surface area contributed by atoms with Crippen molar-refractivity contribution in [1.82, 2.24) is 0 Å². The van der Waals surface area contributed by atoms with E-state index in [0.29, 0.717) is 6.61 Å². The first-order valence-corrected chi connectivity index (χ1v) is 6.75. The van der Waals surface area contributed by atoms with Crippen molar-refractivity contribution in [2.75, 3.05) is 6.61 Å². The van der Waals surface area contributed by atoms with Gasteiger partial charge in [0.05, 0.1) is 12.7 Å². The predicted molar refractivity (Wildman–Crippen MR) is 72.3 cm³/mol. The molecule has 0 radical (unpaired) electrons. The van der Waals surface area contributed by atoms with E-state index in [2.05, 4.69) is 13.0 Å². The second-order valence-corrected chi connectivity index (χ2v) is 4.88. The molecule has 0 aromatic heterocycles. The van der Waals surface area contributed by atoms with Crippen LogP contribution in [0.1, 0.15) is 46.5 Å². The average Bonchev–Trinajstić information content (AvgIpc) is 2.71. The van der Waals surface area contributed by atoms with E-state index in [1.165, 1.54) is 6.08 Å². The van der Waals surface area contributed by atoms with Gasteiger partial charge in [-0.15, -0.1) is 0 Å². The fourth-order valence-electron chi connectivity index (χ4n) is 2.05. The van der Waals surface area contributed by atoms with Gasteiger partial charge < -0.3 is 9.47 Å². The number of rotatable bonds is 6. The maximum Gasteiger partial charge on any atom is 0.331 e. The van der Waals surface area contributed by atoms with Gasteiger partial charge in [0.2, 0.25) is 0 Å². The maximum absolute atomic E-state index is 11.6. The first-order valence-electron chi connectivity index (χ1n) is 6.75. The molecule has 3 nitrogen and oxygen atoms in total. The van der Waals surface area contributed by atoms with Crippen LogP contribution >= 0.6 is 0 Å². The summed E-state index contributed by atoms with van der Waals surface area (Å²) in [6.07, 6.45) is 9.59. The fourth-order valence-corrected chi connectivity index (χ4v) is 2.05. The topological polar surface area (TPSA) is 35.5 Å². The summed E-state index contributed by atoms with van der Waals surface area (Å²) in [5.74, 6) is -0.250.